The van der Waals surface area contributed by atoms with Gasteiger partial charge in [-0.1, -0.05) is 0 Å². The fourth-order valence-electron chi connectivity index (χ4n) is 3.90. The molecule has 0 aliphatic carbocycles. The van der Waals surface area contributed by atoms with Crippen molar-refractivity contribution in [2.75, 3.05) is 46.1 Å². The summed E-state index contributed by atoms with van der Waals surface area (Å²) in [7, 11) is 0. The summed E-state index contributed by atoms with van der Waals surface area (Å²) >= 11 is 0. The molecule has 150 valence electrons. The van der Waals surface area contributed by atoms with E-state index < -0.39 is 5.91 Å². The normalized spacial score (nSPS) is 16.9. The first kappa shape index (κ1) is 18.8. The highest BCUT2D eigenvalue weighted by Crippen LogP contribution is 2.36. The summed E-state index contributed by atoms with van der Waals surface area (Å²) < 4.78 is 18.9. The molecule has 7 heteroatoms. The Morgan fingerprint density at radius 1 is 1.04 bits per heavy atom. The predicted molar refractivity (Wildman–Crippen MR) is 106 cm³/mol. The number of nitrogens with zero attached hydrogens (tertiary/aromatic N) is 2. The van der Waals surface area contributed by atoms with Gasteiger partial charge in [0.05, 0.1) is 18.8 Å². The molecule has 28 heavy (non-hydrogen) atoms. The third-order valence-corrected chi connectivity index (χ3v) is 5.43. The van der Waals surface area contributed by atoms with Gasteiger partial charge in [-0.05, 0) is 37.6 Å². The summed E-state index contributed by atoms with van der Waals surface area (Å²) in [5, 5.41) is 0. The number of fused-ring (bicyclic) bond motifs is 1. The van der Waals surface area contributed by atoms with E-state index in [1.54, 1.807) is 0 Å². The lowest BCUT2D eigenvalue weighted by Crippen LogP contribution is -2.37. The van der Waals surface area contributed by atoms with E-state index in [-0.39, 0.29) is 0 Å². The van der Waals surface area contributed by atoms with Gasteiger partial charge in [0.15, 0.2) is 11.5 Å². The van der Waals surface area contributed by atoms with Gasteiger partial charge in [0.1, 0.15) is 13.2 Å². The second kappa shape index (κ2) is 8.24. The molecule has 0 saturated carbocycles. The summed E-state index contributed by atoms with van der Waals surface area (Å²) in [6.07, 6.45) is 0.991. The minimum Gasteiger partial charge on any atom is -0.486 e. The van der Waals surface area contributed by atoms with E-state index in [4.69, 9.17) is 19.9 Å². The minimum absolute atomic E-state index is 0.400. The first-order valence-corrected chi connectivity index (χ1v) is 9.83. The number of amides is 1. The Bertz CT molecular complexity index is 856. The number of benzene rings is 1. The maximum absolute atomic E-state index is 11.9. The molecule has 2 aliphatic rings. The van der Waals surface area contributed by atoms with E-state index in [0.29, 0.717) is 18.8 Å². The Morgan fingerprint density at radius 3 is 2.54 bits per heavy atom. The fraction of sp³-hybridized carbons (Fsp3) is 0.476. The third kappa shape index (κ3) is 3.86. The lowest BCUT2D eigenvalue weighted by molar-refractivity contribution is 0.0369. The molecule has 4 rings (SSSR count). The molecule has 1 saturated heterocycles. The standard InChI is InChI=1S/C21H27N3O4/c1-15-17(21(22)25)14-18(16-3-4-19-20(13-16)28-12-11-27-19)24(15)6-2-5-23-7-9-26-10-8-23/h3-4,13-14H,2,5-12H2,1H3,(H2,22,25). The quantitative estimate of drug-likeness (QED) is 0.823. The van der Waals surface area contributed by atoms with Crippen LogP contribution in [0.3, 0.4) is 0 Å². The number of hydrogen-bond acceptors (Lipinski definition) is 5. The van der Waals surface area contributed by atoms with Gasteiger partial charge in [0.2, 0.25) is 0 Å². The molecule has 2 aliphatic heterocycles. The summed E-state index contributed by atoms with van der Waals surface area (Å²) in [6, 6.07) is 7.80. The van der Waals surface area contributed by atoms with Crippen molar-refractivity contribution in [2.24, 2.45) is 5.73 Å². The van der Waals surface area contributed by atoms with Crippen molar-refractivity contribution in [2.45, 2.75) is 19.9 Å². The summed E-state index contributed by atoms with van der Waals surface area (Å²) in [5.41, 5.74) is 9.05. The smallest absolute Gasteiger partial charge is 0.250 e. The lowest BCUT2D eigenvalue weighted by atomic mass is 10.1. The summed E-state index contributed by atoms with van der Waals surface area (Å²) in [6.45, 7) is 8.45. The zero-order valence-corrected chi connectivity index (χ0v) is 16.3. The number of ether oxygens (including phenoxy) is 3. The number of aromatic nitrogens is 1. The van der Waals surface area contributed by atoms with Crippen LogP contribution < -0.4 is 15.2 Å². The first-order valence-electron chi connectivity index (χ1n) is 9.83. The number of carbonyl (C=O) groups excluding carboxylic acids is 1. The van der Waals surface area contributed by atoms with E-state index >= 15 is 0 Å². The van der Waals surface area contributed by atoms with Crippen molar-refractivity contribution in [1.29, 1.82) is 0 Å². The van der Waals surface area contributed by atoms with Gasteiger partial charge >= 0.3 is 0 Å². The molecule has 7 nitrogen and oxygen atoms in total. The maximum atomic E-state index is 11.9. The van der Waals surface area contributed by atoms with Gasteiger partial charge in [-0.15, -0.1) is 0 Å². The number of hydrogen-bond donors (Lipinski definition) is 1. The Morgan fingerprint density at radius 2 is 1.79 bits per heavy atom. The van der Waals surface area contributed by atoms with Gasteiger partial charge in [0, 0.05) is 43.1 Å². The highest BCUT2D eigenvalue weighted by molar-refractivity contribution is 5.95. The largest absolute Gasteiger partial charge is 0.486 e. The first-order chi connectivity index (χ1) is 13.6. The molecule has 0 unspecified atom stereocenters. The number of carbonyl (C=O) groups is 1. The minimum atomic E-state index is -0.400. The molecule has 0 radical (unpaired) electrons. The average Bonchev–Trinajstić information content (AvgIpc) is 3.05. The number of rotatable bonds is 6. The van der Waals surface area contributed by atoms with E-state index in [0.717, 1.165) is 74.3 Å². The number of nitrogens with two attached hydrogens (primary N) is 1. The zero-order chi connectivity index (χ0) is 19.5. The van der Waals surface area contributed by atoms with Gasteiger partial charge in [-0.2, -0.15) is 0 Å². The Hall–Kier alpha value is -2.51. The van der Waals surface area contributed by atoms with Crippen LogP contribution in [0.15, 0.2) is 24.3 Å². The van der Waals surface area contributed by atoms with Crippen LogP contribution in [0.4, 0.5) is 0 Å². The molecule has 2 aromatic rings. The van der Waals surface area contributed by atoms with Gasteiger partial charge < -0.3 is 24.5 Å². The van der Waals surface area contributed by atoms with Gasteiger partial charge in [-0.25, -0.2) is 0 Å². The Kier molecular flexibility index (Phi) is 5.54. The molecule has 1 aromatic heterocycles. The van der Waals surface area contributed by atoms with Crippen molar-refractivity contribution in [1.82, 2.24) is 9.47 Å². The van der Waals surface area contributed by atoms with Crippen LogP contribution in [0.5, 0.6) is 11.5 Å². The van der Waals surface area contributed by atoms with E-state index in [1.165, 1.54) is 0 Å². The molecule has 1 amide bonds. The van der Waals surface area contributed by atoms with Crippen LogP contribution in [0.1, 0.15) is 22.5 Å². The van der Waals surface area contributed by atoms with Crippen LogP contribution in [-0.2, 0) is 11.3 Å². The molecule has 0 bridgehead atoms. The molecule has 2 N–H and O–H groups in total. The highest BCUT2D eigenvalue weighted by Gasteiger charge is 2.19. The van der Waals surface area contributed by atoms with Crippen molar-refractivity contribution in [3.8, 4) is 22.8 Å². The molecule has 1 aromatic carbocycles. The zero-order valence-electron chi connectivity index (χ0n) is 16.3. The molecule has 0 atom stereocenters. The van der Waals surface area contributed by atoms with Crippen molar-refractivity contribution in [3.63, 3.8) is 0 Å². The average molecular weight is 385 g/mol. The molecule has 0 spiro atoms. The van der Waals surface area contributed by atoms with E-state index in [2.05, 4.69) is 9.47 Å². The van der Waals surface area contributed by atoms with Crippen molar-refractivity contribution in [3.05, 3.63) is 35.5 Å². The monoisotopic (exact) mass is 385 g/mol. The number of morpholine rings is 1. The fourth-order valence-corrected chi connectivity index (χ4v) is 3.90. The summed E-state index contributed by atoms with van der Waals surface area (Å²) in [4.78, 5) is 14.3. The van der Waals surface area contributed by atoms with Crippen molar-refractivity contribution < 1.29 is 19.0 Å². The van der Waals surface area contributed by atoms with Gasteiger partial charge in [-0.3, -0.25) is 9.69 Å². The number of primary amides is 1. The molecule has 3 heterocycles. The van der Waals surface area contributed by atoms with Crippen LogP contribution in [0.2, 0.25) is 0 Å². The highest BCUT2D eigenvalue weighted by atomic mass is 16.6. The van der Waals surface area contributed by atoms with Crippen LogP contribution in [0, 0.1) is 6.92 Å². The van der Waals surface area contributed by atoms with Crippen molar-refractivity contribution >= 4 is 5.91 Å². The van der Waals surface area contributed by atoms with E-state index in [9.17, 15) is 4.79 Å². The second-order valence-corrected chi connectivity index (χ2v) is 7.21. The summed E-state index contributed by atoms with van der Waals surface area (Å²) in [5.74, 6) is 1.10. The van der Waals surface area contributed by atoms with Gasteiger partial charge in [0.25, 0.3) is 5.91 Å². The predicted octanol–water partition coefficient (Wildman–Crippen LogP) is 2.06. The van der Waals surface area contributed by atoms with Crippen LogP contribution in [0.25, 0.3) is 11.3 Å². The van der Waals surface area contributed by atoms with E-state index in [1.807, 2.05) is 31.2 Å². The Balaban J connectivity index is 1.59. The molecular formula is C21H27N3O4. The second-order valence-electron chi connectivity index (χ2n) is 7.21. The molecular weight excluding hydrogens is 358 g/mol. The Labute approximate surface area is 165 Å². The third-order valence-electron chi connectivity index (χ3n) is 5.43. The van der Waals surface area contributed by atoms with Crippen LogP contribution >= 0.6 is 0 Å². The van der Waals surface area contributed by atoms with Crippen LogP contribution in [-0.4, -0.2) is 61.4 Å². The topological polar surface area (TPSA) is 79.0 Å². The lowest BCUT2D eigenvalue weighted by Gasteiger charge is -2.26. The SMILES string of the molecule is Cc1c(C(N)=O)cc(-c2ccc3c(c2)OCCO3)n1CCCN1CCOCC1. The maximum Gasteiger partial charge on any atom is 0.250 e. The molecule has 1 fully saturated rings.